The van der Waals surface area contributed by atoms with E-state index in [0.717, 1.165) is 46.2 Å². The van der Waals surface area contributed by atoms with E-state index in [2.05, 4.69) is 33.3 Å². The smallest absolute Gasteiger partial charge is 0.250 e. The van der Waals surface area contributed by atoms with Crippen molar-refractivity contribution in [3.8, 4) is 0 Å². The fraction of sp³-hybridized carbons (Fsp3) is 0.194. The van der Waals surface area contributed by atoms with Gasteiger partial charge in [0.2, 0.25) is 5.91 Å². The first-order valence-corrected chi connectivity index (χ1v) is 15.7. The quantitative estimate of drug-likeness (QED) is 0.193. The molecule has 2 saturated heterocycles. The van der Waals surface area contributed by atoms with E-state index in [9.17, 15) is 4.79 Å². The van der Waals surface area contributed by atoms with Crippen LogP contribution in [0.4, 0.5) is 22.9 Å². The van der Waals surface area contributed by atoms with Crippen molar-refractivity contribution in [2.75, 3.05) is 22.3 Å². The van der Waals surface area contributed by atoms with Gasteiger partial charge in [0.1, 0.15) is 5.54 Å². The van der Waals surface area contributed by atoms with Crippen LogP contribution in [0.25, 0.3) is 10.9 Å². The summed E-state index contributed by atoms with van der Waals surface area (Å²) in [6.45, 7) is 0.696. The van der Waals surface area contributed by atoms with Gasteiger partial charge in [0.25, 0.3) is 0 Å². The minimum atomic E-state index is -1.23. The Kier molecular flexibility index (Phi) is 5.84. The number of benzene rings is 4. The molecule has 0 radical (unpaired) electrons. The summed E-state index contributed by atoms with van der Waals surface area (Å²) in [5, 5.41) is 6.63. The summed E-state index contributed by atoms with van der Waals surface area (Å²) in [4.78, 5) is 37.1. The highest BCUT2D eigenvalue weighted by Gasteiger charge is 2.69. The van der Waals surface area contributed by atoms with Gasteiger partial charge in [-0.3, -0.25) is 14.5 Å². The molecule has 8 nitrogen and oxygen atoms in total. The molecule has 0 bridgehead atoms. The Balaban J connectivity index is 1.34. The third-order valence-electron chi connectivity index (χ3n) is 10.1. The fourth-order valence-electron chi connectivity index (χ4n) is 8.32. The van der Waals surface area contributed by atoms with Crippen LogP contribution in [0.3, 0.4) is 0 Å². The molecule has 2 fully saturated rings. The normalized spacial score (nSPS) is 24.9. The Morgan fingerprint density at radius 2 is 1.71 bits per heavy atom. The molecular formula is C36H29ClN6O2. The number of nitrogens with one attached hydrogen (secondary N) is 3. The lowest BCUT2D eigenvalue weighted by molar-refractivity contribution is -0.127. The molecule has 0 aliphatic carbocycles. The molecule has 4 aliphatic rings. The van der Waals surface area contributed by atoms with Crippen LogP contribution in [0.1, 0.15) is 40.2 Å². The van der Waals surface area contributed by atoms with Crippen molar-refractivity contribution in [1.29, 1.82) is 0 Å². The van der Waals surface area contributed by atoms with Crippen LogP contribution in [-0.4, -0.2) is 34.2 Å². The second kappa shape index (κ2) is 9.87. The van der Waals surface area contributed by atoms with Crippen LogP contribution in [0.5, 0.6) is 0 Å². The number of ketones is 1. The summed E-state index contributed by atoms with van der Waals surface area (Å²) >= 11 is 6.62. The number of hydrogen-bond donors (Lipinski definition) is 3. The van der Waals surface area contributed by atoms with Gasteiger partial charge >= 0.3 is 0 Å². The molecule has 1 amide bonds. The maximum absolute atomic E-state index is 15.1. The van der Waals surface area contributed by atoms with Crippen LogP contribution in [0.15, 0.2) is 103 Å². The summed E-state index contributed by atoms with van der Waals surface area (Å²) < 4.78 is 0. The lowest BCUT2D eigenvalue weighted by Crippen LogP contribution is -2.52. The summed E-state index contributed by atoms with van der Waals surface area (Å²) in [5.41, 5.74) is 11.1. The van der Waals surface area contributed by atoms with E-state index in [-0.39, 0.29) is 23.7 Å². The number of pyridine rings is 1. The van der Waals surface area contributed by atoms with E-state index in [1.54, 1.807) is 6.07 Å². The summed E-state index contributed by atoms with van der Waals surface area (Å²) in [7, 11) is 0. The second-order valence-electron chi connectivity index (χ2n) is 12.2. The predicted octanol–water partition coefficient (Wildman–Crippen LogP) is 6.78. The van der Waals surface area contributed by atoms with Gasteiger partial charge in [0.15, 0.2) is 11.6 Å². The van der Waals surface area contributed by atoms with Crippen molar-refractivity contribution in [3.63, 3.8) is 0 Å². The number of rotatable bonds is 4. The highest BCUT2D eigenvalue weighted by Crippen LogP contribution is 2.62. The molecule has 9 heteroatoms. The number of Topliss-reactive ketones (excluding diaryl/α,β-unsaturated/α-hetero) is 1. The van der Waals surface area contributed by atoms with Crippen molar-refractivity contribution < 1.29 is 9.59 Å². The molecule has 5 aromatic rings. The maximum atomic E-state index is 15.1. The van der Waals surface area contributed by atoms with Gasteiger partial charge in [0, 0.05) is 44.7 Å². The molecule has 4 aliphatic heterocycles. The van der Waals surface area contributed by atoms with Crippen molar-refractivity contribution in [3.05, 3.63) is 125 Å². The van der Waals surface area contributed by atoms with E-state index >= 15 is 4.79 Å². The largest absolute Gasteiger partial charge is 0.324 e. The molecule has 4 aromatic carbocycles. The number of para-hydroxylation sites is 3. The molecule has 4 unspecified atom stereocenters. The zero-order valence-corrected chi connectivity index (χ0v) is 25.0. The Labute approximate surface area is 265 Å². The van der Waals surface area contributed by atoms with Crippen molar-refractivity contribution in [2.24, 2.45) is 5.92 Å². The third-order valence-corrected chi connectivity index (χ3v) is 10.3. The van der Waals surface area contributed by atoms with Crippen LogP contribution in [-0.2, 0) is 10.3 Å². The van der Waals surface area contributed by atoms with Crippen LogP contribution < -0.4 is 21.3 Å². The van der Waals surface area contributed by atoms with Crippen LogP contribution in [0.2, 0.25) is 5.02 Å². The molecule has 5 heterocycles. The first-order valence-electron chi connectivity index (χ1n) is 15.3. The zero-order chi connectivity index (χ0) is 30.3. The van der Waals surface area contributed by atoms with Crippen LogP contribution >= 0.6 is 11.6 Å². The molecule has 3 N–H and O–H groups in total. The SMILES string of the molecule is O=C(c1ccccc1)C1C(c2cc3ccccc3nc2N2NNc3ccccc32)C2CCCN2C12C(=O)Nc1ccc(Cl)cc12. The molecule has 222 valence electrons. The molecule has 0 saturated carbocycles. The predicted molar refractivity (Wildman–Crippen MR) is 176 cm³/mol. The van der Waals surface area contributed by atoms with E-state index < -0.39 is 11.5 Å². The van der Waals surface area contributed by atoms with E-state index in [4.69, 9.17) is 16.6 Å². The number of fused-ring (bicyclic) bond motifs is 6. The maximum Gasteiger partial charge on any atom is 0.250 e. The highest BCUT2D eigenvalue weighted by atomic mass is 35.5. The molecule has 9 rings (SSSR count). The second-order valence-corrected chi connectivity index (χ2v) is 12.7. The van der Waals surface area contributed by atoms with E-state index in [1.165, 1.54) is 0 Å². The first-order chi connectivity index (χ1) is 22.1. The zero-order valence-electron chi connectivity index (χ0n) is 24.2. The van der Waals surface area contributed by atoms with Gasteiger partial charge in [-0.2, -0.15) is 0 Å². The summed E-state index contributed by atoms with van der Waals surface area (Å²) in [6.07, 6.45) is 1.77. The third kappa shape index (κ3) is 3.70. The number of carbonyl (C=O) groups is 2. The van der Waals surface area contributed by atoms with Gasteiger partial charge in [-0.15, -0.1) is 5.53 Å². The number of hydrogen-bond acceptors (Lipinski definition) is 7. The molecule has 4 atom stereocenters. The monoisotopic (exact) mass is 612 g/mol. The average Bonchev–Trinajstić information content (AvgIpc) is 3.84. The molecule has 1 spiro atoms. The number of anilines is 4. The number of amides is 1. The number of carbonyl (C=O) groups excluding carboxylic acids is 2. The Hall–Kier alpha value is -4.76. The standard InChI is InChI=1S/C36H29ClN6O2/c37-23-16-17-27-25(20-23)36(35(45)39-27)32(33(44)21-9-2-1-3-10-21)31(30-15-8-18-42(30)36)24-19-22-11-4-5-12-26(22)38-34(24)43-29-14-7-6-13-28(29)40-41-43/h1-7,9-14,16-17,19-20,30-32,40-41H,8,15,18H2,(H,39,45). The summed E-state index contributed by atoms with van der Waals surface area (Å²) in [6, 6.07) is 33.1. The number of halogens is 1. The van der Waals surface area contributed by atoms with Gasteiger partial charge in [0.05, 0.1) is 22.8 Å². The van der Waals surface area contributed by atoms with Gasteiger partial charge < -0.3 is 10.7 Å². The lowest BCUT2D eigenvalue weighted by Gasteiger charge is -2.37. The lowest BCUT2D eigenvalue weighted by atomic mass is 9.68. The fourth-order valence-corrected chi connectivity index (χ4v) is 8.50. The number of nitrogens with zero attached hydrogens (tertiary/aromatic N) is 3. The van der Waals surface area contributed by atoms with Crippen molar-refractivity contribution in [2.45, 2.75) is 30.3 Å². The Morgan fingerprint density at radius 1 is 0.911 bits per heavy atom. The van der Waals surface area contributed by atoms with Crippen molar-refractivity contribution >= 4 is 57.1 Å². The van der Waals surface area contributed by atoms with Crippen LogP contribution in [0, 0.1) is 5.92 Å². The Morgan fingerprint density at radius 3 is 2.60 bits per heavy atom. The summed E-state index contributed by atoms with van der Waals surface area (Å²) in [5.74, 6) is -0.624. The van der Waals surface area contributed by atoms with Gasteiger partial charge in [-0.05, 0) is 61.9 Å². The molecular weight excluding hydrogens is 584 g/mol. The first kappa shape index (κ1) is 26.6. The van der Waals surface area contributed by atoms with Gasteiger partial charge in [-0.25, -0.2) is 9.99 Å². The molecule has 1 aromatic heterocycles. The number of aromatic nitrogens is 1. The minimum Gasteiger partial charge on any atom is -0.324 e. The number of hydrazine groups is 2. The minimum absolute atomic E-state index is 0.0648. The Bertz CT molecular complexity index is 2040. The molecule has 45 heavy (non-hydrogen) atoms. The van der Waals surface area contributed by atoms with Gasteiger partial charge in [-0.1, -0.05) is 72.3 Å². The van der Waals surface area contributed by atoms with E-state index in [1.807, 2.05) is 89.9 Å². The van der Waals surface area contributed by atoms with E-state index in [0.29, 0.717) is 28.6 Å². The van der Waals surface area contributed by atoms with Crippen molar-refractivity contribution in [1.82, 2.24) is 15.4 Å². The highest BCUT2D eigenvalue weighted by molar-refractivity contribution is 6.31. The average molecular weight is 613 g/mol. The topological polar surface area (TPSA) is 89.6 Å².